The molecule has 7 nitrogen and oxygen atoms in total. The lowest BCUT2D eigenvalue weighted by atomic mass is 9.90. The minimum atomic E-state index is -0.243. The van der Waals surface area contributed by atoms with Gasteiger partial charge in [-0.15, -0.1) is 0 Å². The second kappa shape index (κ2) is 7.87. The summed E-state index contributed by atoms with van der Waals surface area (Å²) in [5.41, 5.74) is 1.56. The fraction of sp³-hybridized carbons (Fsp3) is 0.273. The lowest BCUT2D eigenvalue weighted by Gasteiger charge is -2.32. The molecule has 1 atom stereocenters. The summed E-state index contributed by atoms with van der Waals surface area (Å²) < 4.78 is 17.6. The number of fused-ring (bicyclic) bond motifs is 1. The topological polar surface area (TPSA) is 70.0 Å². The first-order chi connectivity index (χ1) is 14.5. The zero-order valence-electron chi connectivity index (χ0n) is 17.2. The summed E-state index contributed by atoms with van der Waals surface area (Å²) >= 11 is 1.16. The van der Waals surface area contributed by atoms with Gasteiger partial charge in [0.2, 0.25) is 5.91 Å². The zero-order chi connectivity index (χ0) is 21.4. The number of ether oxygens (including phenoxy) is 3. The Morgan fingerprint density at radius 3 is 2.43 bits per heavy atom. The van der Waals surface area contributed by atoms with Crippen LogP contribution in [0.2, 0.25) is 0 Å². The molecule has 30 heavy (non-hydrogen) atoms. The molecule has 1 unspecified atom stereocenters. The van der Waals surface area contributed by atoms with Crippen molar-refractivity contribution in [2.45, 2.75) is 12.3 Å². The molecule has 0 aliphatic carbocycles. The zero-order valence-corrected chi connectivity index (χ0v) is 18.0. The van der Waals surface area contributed by atoms with Crippen LogP contribution >= 0.6 is 11.3 Å². The Kier molecular flexibility index (Phi) is 5.26. The highest BCUT2D eigenvalue weighted by atomic mass is 32.1. The maximum atomic E-state index is 13.3. The van der Waals surface area contributed by atoms with Crippen molar-refractivity contribution in [3.63, 3.8) is 0 Å². The molecule has 2 heterocycles. The highest BCUT2D eigenvalue weighted by molar-refractivity contribution is 7.10. The van der Waals surface area contributed by atoms with E-state index in [0.29, 0.717) is 28.8 Å². The second-order valence-corrected chi connectivity index (χ2v) is 7.91. The minimum Gasteiger partial charge on any atom is -0.497 e. The number of anilines is 2. The van der Waals surface area contributed by atoms with Gasteiger partial charge in [-0.25, -0.2) is 0 Å². The number of carbonyl (C=O) groups excluding carboxylic acids is 1. The summed E-state index contributed by atoms with van der Waals surface area (Å²) in [6, 6.07) is 12.9. The van der Waals surface area contributed by atoms with E-state index in [1.165, 1.54) is 4.57 Å². The molecule has 0 saturated heterocycles. The summed E-state index contributed by atoms with van der Waals surface area (Å²) in [6.07, 6.45) is 0.236. The van der Waals surface area contributed by atoms with Crippen molar-refractivity contribution in [1.82, 2.24) is 4.57 Å². The molecule has 1 aliphatic heterocycles. The largest absolute Gasteiger partial charge is 0.497 e. The molecule has 1 aromatic heterocycles. The lowest BCUT2D eigenvalue weighted by Crippen LogP contribution is -2.34. The Morgan fingerprint density at radius 2 is 1.73 bits per heavy atom. The predicted octanol–water partition coefficient (Wildman–Crippen LogP) is 3.67. The van der Waals surface area contributed by atoms with Crippen LogP contribution in [-0.4, -0.2) is 31.8 Å². The average molecular weight is 426 g/mol. The van der Waals surface area contributed by atoms with Crippen molar-refractivity contribution in [3.05, 3.63) is 62.6 Å². The summed E-state index contributed by atoms with van der Waals surface area (Å²) in [7, 11) is 6.42. The van der Waals surface area contributed by atoms with Crippen molar-refractivity contribution in [2.24, 2.45) is 7.05 Å². The third-order valence-electron chi connectivity index (χ3n) is 5.29. The van der Waals surface area contributed by atoms with Crippen LogP contribution in [0.25, 0.3) is 0 Å². The van der Waals surface area contributed by atoms with Gasteiger partial charge in [0, 0.05) is 25.5 Å². The smallest absolute Gasteiger partial charge is 0.308 e. The average Bonchev–Trinajstić information content (AvgIpc) is 3.07. The molecule has 0 fully saturated rings. The van der Waals surface area contributed by atoms with Crippen LogP contribution in [0.1, 0.15) is 22.8 Å². The van der Waals surface area contributed by atoms with Crippen LogP contribution in [0, 0.1) is 0 Å². The number of thiazole rings is 1. The third kappa shape index (κ3) is 3.23. The normalized spacial score (nSPS) is 15.7. The van der Waals surface area contributed by atoms with Crippen LogP contribution in [0.15, 0.2) is 47.3 Å². The van der Waals surface area contributed by atoms with Gasteiger partial charge in [0.25, 0.3) is 0 Å². The second-order valence-electron chi connectivity index (χ2n) is 6.92. The van der Waals surface area contributed by atoms with E-state index in [1.807, 2.05) is 36.4 Å². The fourth-order valence-electron chi connectivity index (χ4n) is 3.78. The molecule has 0 saturated carbocycles. The van der Waals surface area contributed by atoms with Crippen molar-refractivity contribution in [1.29, 1.82) is 0 Å². The molecule has 8 heteroatoms. The van der Waals surface area contributed by atoms with Crippen molar-refractivity contribution in [2.75, 3.05) is 26.2 Å². The molecule has 156 valence electrons. The van der Waals surface area contributed by atoms with Crippen molar-refractivity contribution >= 4 is 28.7 Å². The van der Waals surface area contributed by atoms with E-state index in [1.54, 1.807) is 39.3 Å². The number of hydrogen-bond donors (Lipinski definition) is 0. The van der Waals surface area contributed by atoms with Crippen LogP contribution in [0.4, 0.5) is 11.5 Å². The van der Waals surface area contributed by atoms with E-state index >= 15 is 0 Å². The van der Waals surface area contributed by atoms with E-state index in [4.69, 9.17) is 14.2 Å². The SMILES string of the molecule is COc1cccc(N2C(=O)CC(c3ccc(OC)c(OC)c3)c3sc(=O)n(C)c32)c1. The van der Waals surface area contributed by atoms with Gasteiger partial charge in [0.05, 0.1) is 31.9 Å². The van der Waals surface area contributed by atoms with Crippen LogP contribution in [-0.2, 0) is 11.8 Å². The van der Waals surface area contributed by atoms with E-state index in [0.717, 1.165) is 21.8 Å². The van der Waals surface area contributed by atoms with Gasteiger partial charge in [0.1, 0.15) is 11.6 Å². The summed E-state index contributed by atoms with van der Waals surface area (Å²) in [5.74, 6) is 2.10. The number of rotatable bonds is 5. The van der Waals surface area contributed by atoms with Gasteiger partial charge in [-0.1, -0.05) is 23.5 Å². The summed E-state index contributed by atoms with van der Waals surface area (Å²) in [4.78, 5) is 28.2. The molecule has 3 aromatic rings. The molecule has 0 spiro atoms. The van der Waals surface area contributed by atoms with Gasteiger partial charge < -0.3 is 14.2 Å². The van der Waals surface area contributed by atoms with E-state index in [2.05, 4.69) is 0 Å². The summed E-state index contributed by atoms with van der Waals surface area (Å²) in [6.45, 7) is 0. The highest BCUT2D eigenvalue weighted by Crippen LogP contribution is 2.46. The molecule has 4 rings (SSSR count). The minimum absolute atomic E-state index is 0.0936. The maximum Gasteiger partial charge on any atom is 0.308 e. The van der Waals surface area contributed by atoms with Crippen molar-refractivity contribution in [3.8, 4) is 17.2 Å². The van der Waals surface area contributed by atoms with Gasteiger partial charge in [-0.3, -0.25) is 19.1 Å². The Balaban J connectivity index is 1.86. The number of benzene rings is 2. The first kappa shape index (κ1) is 20.0. The van der Waals surface area contributed by atoms with Gasteiger partial charge in [-0.05, 0) is 29.8 Å². The first-order valence-electron chi connectivity index (χ1n) is 9.37. The van der Waals surface area contributed by atoms with Gasteiger partial charge >= 0.3 is 4.87 Å². The Morgan fingerprint density at radius 1 is 0.967 bits per heavy atom. The number of methoxy groups -OCH3 is 3. The number of amides is 1. The predicted molar refractivity (Wildman–Crippen MR) is 116 cm³/mol. The van der Waals surface area contributed by atoms with E-state index in [9.17, 15) is 9.59 Å². The number of hydrogen-bond acceptors (Lipinski definition) is 6. The number of nitrogens with zero attached hydrogens (tertiary/aromatic N) is 2. The van der Waals surface area contributed by atoms with E-state index < -0.39 is 0 Å². The van der Waals surface area contributed by atoms with Gasteiger partial charge in [0.15, 0.2) is 11.5 Å². The Hall–Kier alpha value is -3.26. The standard InChI is InChI=1S/C22H22N2O5S/c1-23-21-20(30-22(23)26)16(13-8-9-17(28-3)18(10-13)29-4)12-19(25)24(21)14-6-5-7-15(11-14)27-2/h5-11,16H,12H2,1-4H3. The molecular weight excluding hydrogens is 404 g/mol. The first-order valence-corrected chi connectivity index (χ1v) is 10.2. The van der Waals surface area contributed by atoms with Crippen LogP contribution in [0.3, 0.4) is 0 Å². The number of carbonyl (C=O) groups is 1. The van der Waals surface area contributed by atoms with E-state index in [-0.39, 0.29) is 23.1 Å². The fourth-order valence-corrected chi connectivity index (χ4v) is 4.87. The molecule has 1 aliphatic rings. The molecule has 0 radical (unpaired) electrons. The van der Waals surface area contributed by atoms with Crippen LogP contribution in [0.5, 0.6) is 17.2 Å². The lowest BCUT2D eigenvalue weighted by molar-refractivity contribution is -0.118. The molecular formula is C22H22N2O5S. The monoisotopic (exact) mass is 426 g/mol. The number of aromatic nitrogens is 1. The van der Waals surface area contributed by atoms with Crippen LogP contribution < -0.4 is 24.0 Å². The quantitative estimate of drug-likeness (QED) is 0.623. The molecule has 0 N–H and O–H groups in total. The molecule has 1 amide bonds. The molecule has 0 bridgehead atoms. The Labute approximate surface area is 178 Å². The summed E-state index contributed by atoms with van der Waals surface area (Å²) in [5, 5.41) is 0. The maximum absolute atomic E-state index is 13.3. The third-order valence-corrected chi connectivity index (χ3v) is 6.42. The molecule has 2 aromatic carbocycles. The Bertz CT molecular complexity index is 1170. The van der Waals surface area contributed by atoms with Crippen molar-refractivity contribution < 1.29 is 19.0 Å². The van der Waals surface area contributed by atoms with Gasteiger partial charge in [-0.2, -0.15) is 0 Å². The highest BCUT2D eigenvalue weighted by Gasteiger charge is 2.37.